The lowest BCUT2D eigenvalue weighted by Crippen LogP contribution is -2.51. The van der Waals surface area contributed by atoms with Gasteiger partial charge in [-0.1, -0.05) is 32.0 Å². The molecule has 0 fully saturated rings. The third-order valence-electron chi connectivity index (χ3n) is 2.74. The van der Waals surface area contributed by atoms with Gasteiger partial charge in [-0.2, -0.15) is 17.1 Å². The zero-order chi connectivity index (χ0) is 15.2. The average Bonchev–Trinajstić information content (AvgIpc) is 2.46. The zero-order valence-electron chi connectivity index (χ0n) is 11.8. The second-order valence-electron chi connectivity index (χ2n) is 4.37. The Morgan fingerprint density at radius 1 is 1.10 bits per heavy atom. The van der Waals surface area contributed by atoms with Crippen LogP contribution in [0.2, 0.25) is 0 Å². The first-order valence-electron chi connectivity index (χ1n) is 6.59. The summed E-state index contributed by atoms with van der Waals surface area (Å²) in [6, 6.07) is 8.11. The first-order valence-corrected chi connectivity index (χ1v) is 7.99. The summed E-state index contributed by atoms with van der Waals surface area (Å²) in [5.74, 6) is 4.81. The number of hydrogen-bond donors (Lipinski definition) is 1. The maximum Gasteiger partial charge on any atom is 0.320 e. The van der Waals surface area contributed by atoms with E-state index < -0.39 is 16.1 Å². The lowest BCUT2D eigenvalue weighted by Gasteiger charge is -2.26. The van der Waals surface area contributed by atoms with Gasteiger partial charge in [0.15, 0.2) is 0 Å². The van der Waals surface area contributed by atoms with E-state index >= 15 is 0 Å². The Kier molecular flexibility index (Phi) is 6.12. The molecule has 0 radical (unpaired) electrons. The predicted molar refractivity (Wildman–Crippen MR) is 77.9 cm³/mol. The molecule has 0 saturated heterocycles. The standard InChI is InChI=1S/C13H21N3O3S/c1-3-10-15(11-4-2)20(18,19)16(14)13(17)12-8-6-5-7-9-12/h5-9H,3-4,10-11,14H2,1-2H3. The monoisotopic (exact) mass is 299 g/mol. The van der Waals surface area contributed by atoms with Gasteiger partial charge in [0.2, 0.25) is 0 Å². The van der Waals surface area contributed by atoms with Crippen LogP contribution in [0.3, 0.4) is 0 Å². The van der Waals surface area contributed by atoms with Crippen LogP contribution in [0.25, 0.3) is 0 Å². The summed E-state index contributed by atoms with van der Waals surface area (Å²) in [5, 5.41) is 0. The van der Waals surface area contributed by atoms with E-state index in [0.29, 0.717) is 30.3 Å². The van der Waals surface area contributed by atoms with Crippen LogP contribution < -0.4 is 5.84 Å². The Morgan fingerprint density at radius 3 is 2.05 bits per heavy atom. The second-order valence-corrected chi connectivity index (χ2v) is 6.18. The van der Waals surface area contributed by atoms with E-state index in [1.54, 1.807) is 18.2 Å². The van der Waals surface area contributed by atoms with Crippen molar-refractivity contribution in [2.45, 2.75) is 26.7 Å². The molecule has 0 aliphatic heterocycles. The van der Waals surface area contributed by atoms with Crippen LogP contribution in [0, 0.1) is 0 Å². The molecule has 1 amide bonds. The Balaban J connectivity index is 2.98. The molecule has 0 saturated carbocycles. The van der Waals surface area contributed by atoms with Gasteiger partial charge in [0.25, 0.3) is 5.91 Å². The van der Waals surface area contributed by atoms with Crippen molar-refractivity contribution in [2.24, 2.45) is 5.84 Å². The minimum Gasteiger partial charge on any atom is -0.266 e. The zero-order valence-corrected chi connectivity index (χ0v) is 12.6. The third kappa shape index (κ3) is 3.78. The number of nitrogens with two attached hydrogens (primary N) is 1. The number of nitrogens with zero attached hydrogens (tertiary/aromatic N) is 2. The normalized spacial score (nSPS) is 11.6. The maximum atomic E-state index is 12.3. The minimum atomic E-state index is -3.98. The highest BCUT2D eigenvalue weighted by Gasteiger charge is 2.30. The fraction of sp³-hybridized carbons (Fsp3) is 0.462. The molecule has 0 heterocycles. The number of carbonyl (C=O) groups excluding carboxylic acids is 1. The lowest BCUT2D eigenvalue weighted by molar-refractivity contribution is 0.0853. The van der Waals surface area contributed by atoms with Crippen LogP contribution in [-0.4, -0.2) is 36.1 Å². The van der Waals surface area contributed by atoms with E-state index in [1.807, 2.05) is 13.8 Å². The molecule has 1 aromatic rings. The Hall–Kier alpha value is -1.44. The molecule has 20 heavy (non-hydrogen) atoms. The quantitative estimate of drug-likeness (QED) is 0.468. The Morgan fingerprint density at radius 2 is 1.60 bits per heavy atom. The third-order valence-corrected chi connectivity index (χ3v) is 4.42. The van der Waals surface area contributed by atoms with Crippen molar-refractivity contribution in [2.75, 3.05) is 13.1 Å². The molecule has 0 aromatic heterocycles. The number of hydrogen-bond acceptors (Lipinski definition) is 4. The van der Waals surface area contributed by atoms with Crippen LogP contribution in [0.4, 0.5) is 0 Å². The second kappa shape index (κ2) is 7.37. The molecule has 0 spiro atoms. The first-order chi connectivity index (χ1) is 9.45. The van der Waals surface area contributed by atoms with Gasteiger partial charge in [0.1, 0.15) is 0 Å². The maximum absolute atomic E-state index is 12.3. The van der Waals surface area contributed by atoms with Gasteiger partial charge in [0, 0.05) is 18.7 Å². The SMILES string of the molecule is CCCN(CCC)S(=O)(=O)N(N)C(=O)c1ccccc1. The van der Waals surface area contributed by atoms with Gasteiger partial charge in [-0.15, -0.1) is 0 Å². The number of hydrazine groups is 1. The van der Waals surface area contributed by atoms with E-state index in [0.717, 1.165) is 0 Å². The van der Waals surface area contributed by atoms with Gasteiger partial charge < -0.3 is 0 Å². The number of rotatable bonds is 7. The van der Waals surface area contributed by atoms with Crippen molar-refractivity contribution in [3.63, 3.8) is 0 Å². The molecule has 0 atom stereocenters. The summed E-state index contributed by atoms with van der Waals surface area (Å²) >= 11 is 0. The highest BCUT2D eigenvalue weighted by Crippen LogP contribution is 2.11. The summed E-state index contributed by atoms with van der Waals surface area (Å²) < 4.78 is 26.2. The van der Waals surface area contributed by atoms with Gasteiger partial charge in [-0.3, -0.25) is 4.79 Å². The molecule has 7 heteroatoms. The molecular weight excluding hydrogens is 278 g/mol. The van der Waals surface area contributed by atoms with Crippen molar-refractivity contribution in [3.8, 4) is 0 Å². The van der Waals surface area contributed by atoms with E-state index in [9.17, 15) is 13.2 Å². The van der Waals surface area contributed by atoms with Crippen LogP contribution in [-0.2, 0) is 10.2 Å². The van der Waals surface area contributed by atoms with Gasteiger partial charge in [-0.25, -0.2) is 5.84 Å². The van der Waals surface area contributed by atoms with Crippen LogP contribution in [0.5, 0.6) is 0 Å². The van der Waals surface area contributed by atoms with Crippen LogP contribution in [0.15, 0.2) is 30.3 Å². The molecule has 0 aliphatic carbocycles. The summed E-state index contributed by atoms with van der Waals surface area (Å²) in [7, 11) is -3.98. The topological polar surface area (TPSA) is 83.7 Å². The minimum absolute atomic E-state index is 0.242. The van der Waals surface area contributed by atoms with E-state index in [4.69, 9.17) is 5.84 Å². The molecule has 2 N–H and O–H groups in total. The molecule has 6 nitrogen and oxygen atoms in total. The van der Waals surface area contributed by atoms with Crippen molar-refractivity contribution in [3.05, 3.63) is 35.9 Å². The molecular formula is C13H21N3O3S. The van der Waals surface area contributed by atoms with Crippen LogP contribution in [0.1, 0.15) is 37.0 Å². The van der Waals surface area contributed by atoms with Crippen LogP contribution >= 0.6 is 0 Å². The van der Waals surface area contributed by atoms with Gasteiger partial charge >= 0.3 is 10.2 Å². The molecule has 0 unspecified atom stereocenters. The van der Waals surface area contributed by atoms with Crippen molar-refractivity contribution >= 4 is 16.1 Å². The fourth-order valence-corrected chi connectivity index (χ4v) is 3.17. The largest absolute Gasteiger partial charge is 0.320 e. The molecule has 0 aliphatic rings. The fourth-order valence-electron chi connectivity index (χ4n) is 1.78. The molecule has 112 valence electrons. The number of benzene rings is 1. The van der Waals surface area contributed by atoms with Gasteiger partial charge in [-0.05, 0) is 25.0 Å². The van der Waals surface area contributed by atoms with E-state index in [2.05, 4.69) is 0 Å². The Labute approximate surface area is 120 Å². The highest BCUT2D eigenvalue weighted by atomic mass is 32.2. The summed E-state index contributed by atoms with van der Waals surface area (Å²) in [6.07, 6.45) is 1.32. The van der Waals surface area contributed by atoms with Crippen molar-refractivity contribution in [1.82, 2.24) is 8.72 Å². The predicted octanol–water partition coefficient (Wildman–Crippen LogP) is 1.37. The first kappa shape index (κ1) is 16.6. The summed E-state index contributed by atoms with van der Waals surface area (Å²) in [6.45, 7) is 4.42. The molecule has 1 rings (SSSR count). The summed E-state index contributed by atoms with van der Waals surface area (Å²) in [4.78, 5) is 12.1. The van der Waals surface area contributed by atoms with Crippen molar-refractivity contribution in [1.29, 1.82) is 0 Å². The number of carbonyl (C=O) groups is 1. The number of amides is 1. The smallest absolute Gasteiger partial charge is 0.266 e. The lowest BCUT2D eigenvalue weighted by atomic mass is 10.2. The van der Waals surface area contributed by atoms with E-state index in [1.165, 1.54) is 16.4 Å². The average molecular weight is 299 g/mol. The molecule has 0 bridgehead atoms. The Bertz CT molecular complexity index is 525. The highest BCUT2D eigenvalue weighted by molar-refractivity contribution is 7.87. The molecule has 1 aromatic carbocycles. The van der Waals surface area contributed by atoms with Crippen molar-refractivity contribution < 1.29 is 13.2 Å². The summed E-state index contributed by atoms with van der Waals surface area (Å²) in [5.41, 5.74) is 0.242. The van der Waals surface area contributed by atoms with E-state index in [-0.39, 0.29) is 5.56 Å². The van der Waals surface area contributed by atoms with Gasteiger partial charge in [0.05, 0.1) is 0 Å².